The van der Waals surface area contributed by atoms with E-state index in [9.17, 15) is 8.42 Å². The van der Waals surface area contributed by atoms with Crippen molar-refractivity contribution in [1.82, 2.24) is 9.55 Å². The van der Waals surface area contributed by atoms with Crippen LogP contribution in [0.4, 0.5) is 0 Å². The number of imidazole rings is 1. The summed E-state index contributed by atoms with van der Waals surface area (Å²) in [5, 5.41) is -0.359. The molecule has 0 aliphatic carbocycles. The minimum Gasteiger partial charge on any atom is -0.319 e. The van der Waals surface area contributed by atoms with Crippen LogP contribution in [-0.2, 0) is 15.6 Å². The summed E-state index contributed by atoms with van der Waals surface area (Å²) < 4.78 is 26.2. The Morgan fingerprint density at radius 2 is 1.94 bits per heavy atom. The molecule has 4 nitrogen and oxygen atoms in total. The summed E-state index contributed by atoms with van der Waals surface area (Å²) in [6.45, 7) is 7.39. The van der Waals surface area contributed by atoms with Crippen LogP contribution in [-0.4, -0.2) is 23.2 Å². The van der Waals surface area contributed by atoms with E-state index in [-0.39, 0.29) is 17.0 Å². The molecule has 0 unspecified atom stereocenters. The fraction of sp³-hybridized carbons (Fsp3) is 0.700. The molecule has 0 aliphatic heterocycles. The fourth-order valence-corrected chi connectivity index (χ4v) is 3.09. The van der Waals surface area contributed by atoms with E-state index >= 15 is 0 Å². The molecule has 92 valence electrons. The van der Waals surface area contributed by atoms with E-state index in [0.717, 1.165) is 5.69 Å². The molecule has 6 heteroatoms. The van der Waals surface area contributed by atoms with Gasteiger partial charge in [0.05, 0.1) is 22.9 Å². The van der Waals surface area contributed by atoms with E-state index < -0.39 is 9.84 Å². The standard InChI is InChI=1S/C10H17BrN2O2S/c1-7(2)13-9(5-12-10(13)11)6-16(14,15)8(3)4/h5,7-8H,6H2,1-4H3. The first-order valence-electron chi connectivity index (χ1n) is 5.19. The van der Waals surface area contributed by atoms with E-state index in [1.54, 1.807) is 20.0 Å². The zero-order chi connectivity index (χ0) is 12.5. The summed E-state index contributed by atoms with van der Waals surface area (Å²) in [5.41, 5.74) is 0.732. The molecule has 0 aromatic carbocycles. The van der Waals surface area contributed by atoms with Crippen LogP contribution in [0.5, 0.6) is 0 Å². The lowest BCUT2D eigenvalue weighted by Crippen LogP contribution is -2.18. The highest BCUT2D eigenvalue weighted by molar-refractivity contribution is 9.10. The van der Waals surface area contributed by atoms with E-state index in [1.165, 1.54) is 0 Å². The molecule has 0 radical (unpaired) electrons. The molecule has 0 bridgehead atoms. The number of nitrogens with zero attached hydrogens (tertiary/aromatic N) is 2. The van der Waals surface area contributed by atoms with Crippen LogP contribution in [0.25, 0.3) is 0 Å². The monoisotopic (exact) mass is 308 g/mol. The van der Waals surface area contributed by atoms with Gasteiger partial charge in [0.1, 0.15) is 0 Å². The van der Waals surface area contributed by atoms with Crippen molar-refractivity contribution >= 4 is 25.8 Å². The van der Waals surface area contributed by atoms with Gasteiger partial charge in [-0.25, -0.2) is 13.4 Å². The van der Waals surface area contributed by atoms with Crippen molar-refractivity contribution in [2.24, 2.45) is 0 Å². The summed E-state index contributed by atoms with van der Waals surface area (Å²) in [6.07, 6.45) is 1.62. The van der Waals surface area contributed by atoms with Crippen molar-refractivity contribution in [3.8, 4) is 0 Å². The lowest BCUT2D eigenvalue weighted by Gasteiger charge is -2.14. The second-order valence-corrected chi connectivity index (χ2v) is 7.60. The predicted molar refractivity (Wildman–Crippen MR) is 68.1 cm³/mol. The van der Waals surface area contributed by atoms with E-state index in [4.69, 9.17) is 0 Å². The van der Waals surface area contributed by atoms with E-state index in [0.29, 0.717) is 4.73 Å². The summed E-state index contributed by atoms with van der Waals surface area (Å²) in [5.74, 6) is 0.0431. The molecule has 0 saturated heterocycles. The molecular weight excluding hydrogens is 292 g/mol. The van der Waals surface area contributed by atoms with Gasteiger partial charge in [0.2, 0.25) is 0 Å². The Morgan fingerprint density at radius 1 is 1.38 bits per heavy atom. The molecule has 0 aliphatic rings. The second-order valence-electron chi connectivity index (χ2n) is 4.34. The Labute approximate surface area is 105 Å². The lowest BCUT2D eigenvalue weighted by molar-refractivity contribution is 0.559. The molecule has 1 aromatic heterocycles. The molecule has 1 aromatic rings. The van der Waals surface area contributed by atoms with Crippen molar-refractivity contribution in [1.29, 1.82) is 0 Å². The zero-order valence-corrected chi connectivity index (χ0v) is 12.3. The lowest BCUT2D eigenvalue weighted by atomic mass is 10.4. The number of rotatable bonds is 4. The van der Waals surface area contributed by atoms with Crippen LogP contribution in [0.1, 0.15) is 39.4 Å². The maximum atomic E-state index is 11.8. The van der Waals surface area contributed by atoms with Crippen LogP contribution in [0, 0.1) is 0 Å². The van der Waals surface area contributed by atoms with E-state index in [2.05, 4.69) is 20.9 Å². The van der Waals surface area contributed by atoms with Crippen LogP contribution in [0.15, 0.2) is 10.9 Å². The third-order valence-electron chi connectivity index (χ3n) is 2.41. The Bertz CT molecular complexity index is 463. The molecular formula is C10H17BrN2O2S. The fourth-order valence-electron chi connectivity index (χ4n) is 1.39. The Balaban J connectivity index is 3.08. The number of halogens is 1. The Hall–Kier alpha value is -0.360. The average molecular weight is 309 g/mol. The van der Waals surface area contributed by atoms with Crippen LogP contribution in [0.3, 0.4) is 0 Å². The average Bonchev–Trinajstić information content (AvgIpc) is 2.45. The van der Waals surface area contributed by atoms with Gasteiger partial charge in [-0.05, 0) is 43.6 Å². The van der Waals surface area contributed by atoms with E-state index in [1.807, 2.05) is 18.4 Å². The summed E-state index contributed by atoms with van der Waals surface area (Å²) >= 11 is 3.32. The van der Waals surface area contributed by atoms with Crippen LogP contribution < -0.4 is 0 Å². The van der Waals surface area contributed by atoms with Crippen molar-refractivity contribution in [2.45, 2.75) is 44.7 Å². The number of sulfone groups is 1. The van der Waals surface area contributed by atoms with Gasteiger partial charge >= 0.3 is 0 Å². The molecule has 0 N–H and O–H groups in total. The molecule has 0 fully saturated rings. The van der Waals surface area contributed by atoms with Gasteiger partial charge in [0.25, 0.3) is 0 Å². The van der Waals surface area contributed by atoms with Gasteiger partial charge in [-0.3, -0.25) is 0 Å². The normalized spacial score (nSPS) is 12.7. The van der Waals surface area contributed by atoms with Crippen molar-refractivity contribution in [3.05, 3.63) is 16.6 Å². The first-order chi connectivity index (χ1) is 7.25. The molecule has 1 heterocycles. The van der Waals surface area contributed by atoms with Crippen molar-refractivity contribution < 1.29 is 8.42 Å². The highest BCUT2D eigenvalue weighted by Crippen LogP contribution is 2.21. The van der Waals surface area contributed by atoms with Gasteiger partial charge in [0.15, 0.2) is 14.6 Å². The highest BCUT2D eigenvalue weighted by Gasteiger charge is 2.21. The topological polar surface area (TPSA) is 52.0 Å². The molecule has 0 saturated carbocycles. The largest absolute Gasteiger partial charge is 0.319 e. The quantitative estimate of drug-likeness (QED) is 0.859. The molecule has 16 heavy (non-hydrogen) atoms. The van der Waals surface area contributed by atoms with Gasteiger partial charge in [-0.15, -0.1) is 0 Å². The Morgan fingerprint density at radius 3 is 2.38 bits per heavy atom. The van der Waals surface area contributed by atoms with Gasteiger partial charge in [0, 0.05) is 6.04 Å². The van der Waals surface area contributed by atoms with Gasteiger partial charge in [-0.2, -0.15) is 0 Å². The summed E-state index contributed by atoms with van der Waals surface area (Å²) in [7, 11) is -3.08. The number of hydrogen-bond acceptors (Lipinski definition) is 3. The molecule has 0 atom stereocenters. The van der Waals surface area contributed by atoms with Crippen molar-refractivity contribution in [3.63, 3.8) is 0 Å². The third-order valence-corrected chi connectivity index (χ3v) is 5.13. The highest BCUT2D eigenvalue weighted by atomic mass is 79.9. The Kier molecular flexibility index (Phi) is 4.17. The van der Waals surface area contributed by atoms with Gasteiger partial charge < -0.3 is 4.57 Å². The minimum atomic E-state index is -3.08. The smallest absolute Gasteiger partial charge is 0.177 e. The summed E-state index contributed by atoms with van der Waals surface area (Å²) in [4.78, 5) is 4.10. The van der Waals surface area contributed by atoms with Crippen LogP contribution in [0.2, 0.25) is 0 Å². The number of hydrogen-bond donors (Lipinski definition) is 0. The maximum Gasteiger partial charge on any atom is 0.177 e. The van der Waals surface area contributed by atoms with Crippen LogP contribution >= 0.6 is 15.9 Å². The molecule has 0 amide bonds. The summed E-state index contributed by atoms with van der Waals surface area (Å²) in [6, 6.07) is 0.189. The first-order valence-corrected chi connectivity index (χ1v) is 7.69. The predicted octanol–water partition coefficient (Wildman–Crippen LogP) is 2.55. The SMILES string of the molecule is CC(C)n1c(CS(=O)(=O)C(C)C)cnc1Br. The molecule has 1 rings (SSSR count). The van der Waals surface area contributed by atoms with Crippen molar-refractivity contribution in [2.75, 3.05) is 0 Å². The first kappa shape index (κ1) is 13.7. The minimum absolute atomic E-state index is 0.0431. The molecule has 0 spiro atoms. The third kappa shape index (κ3) is 2.85. The second kappa shape index (κ2) is 4.87. The maximum absolute atomic E-state index is 11.8. The zero-order valence-electron chi connectivity index (χ0n) is 9.94. The van der Waals surface area contributed by atoms with Gasteiger partial charge in [-0.1, -0.05) is 0 Å². The number of aromatic nitrogens is 2.